The fourth-order valence-corrected chi connectivity index (χ4v) is 3.60. The van der Waals surface area contributed by atoms with E-state index in [1.54, 1.807) is 7.11 Å². The fraction of sp³-hybridized carbons (Fsp3) is 0.429. The Bertz CT molecular complexity index is 980. The minimum absolute atomic E-state index is 0.0281. The maximum atomic E-state index is 5.85. The number of hydrogen-bond acceptors (Lipinski definition) is 1. The third kappa shape index (κ3) is 6.55. The van der Waals surface area contributed by atoms with Gasteiger partial charge >= 0.3 is 0 Å². The van der Waals surface area contributed by atoms with Gasteiger partial charge in [0.15, 0.2) is 0 Å². The Balaban J connectivity index is 2.47. The van der Waals surface area contributed by atoms with E-state index in [1.165, 1.54) is 11.1 Å². The summed E-state index contributed by atoms with van der Waals surface area (Å²) >= 11 is 0. The number of methoxy groups -OCH3 is 1. The minimum Gasteiger partial charge on any atom is -0.496 e. The Kier molecular flexibility index (Phi) is 6.96. The highest BCUT2D eigenvalue weighted by atomic mass is 28.3. The molecule has 0 heterocycles. The Labute approximate surface area is 185 Å². The average Bonchev–Trinajstić information content (AvgIpc) is 2.62. The first-order valence-electron chi connectivity index (χ1n) is 10.6. The molecular weight excluding hydrogens is 380 g/mol. The first-order chi connectivity index (χ1) is 13.7. The first-order valence-corrected chi connectivity index (χ1v) is 14.1. The van der Waals surface area contributed by atoms with Crippen molar-refractivity contribution in [1.29, 1.82) is 0 Å². The van der Waals surface area contributed by atoms with Gasteiger partial charge in [0.2, 0.25) is 0 Å². The van der Waals surface area contributed by atoms with Gasteiger partial charge in [0.25, 0.3) is 0 Å². The molecule has 0 fully saturated rings. The SMILES string of the molecule is COc1c(C(C)(C)C)cc(C#Cc2ccc(C#C[Si](C)(C)C)cc2)cc1C(C)(C)C. The molecule has 0 aliphatic carbocycles. The molecule has 0 atom stereocenters. The van der Waals surface area contributed by atoms with Crippen molar-refractivity contribution in [2.75, 3.05) is 7.11 Å². The van der Waals surface area contributed by atoms with Gasteiger partial charge < -0.3 is 4.74 Å². The Morgan fingerprint density at radius 3 is 1.43 bits per heavy atom. The molecule has 0 saturated heterocycles. The zero-order valence-electron chi connectivity index (χ0n) is 20.4. The predicted octanol–water partition coefficient (Wildman–Crippen LogP) is 6.92. The number of ether oxygens (including phenoxy) is 1. The van der Waals surface area contributed by atoms with Crippen LogP contribution in [0, 0.1) is 23.3 Å². The van der Waals surface area contributed by atoms with Gasteiger partial charge in [-0.2, -0.15) is 0 Å². The van der Waals surface area contributed by atoms with E-state index >= 15 is 0 Å². The monoisotopic (exact) mass is 416 g/mol. The molecule has 30 heavy (non-hydrogen) atoms. The van der Waals surface area contributed by atoms with E-state index in [0.29, 0.717) is 0 Å². The van der Waals surface area contributed by atoms with E-state index in [1.807, 2.05) is 0 Å². The second kappa shape index (κ2) is 8.75. The number of rotatable bonds is 1. The van der Waals surface area contributed by atoms with Crippen LogP contribution in [0.15, 0.2) is 36.4 Å². The van der Waals surface area contributed by atoms with Crippen molar-refractivity contribution in [1.82, 2.24) is 0 Å². The van der Waals surface area contributed by atoms with Gasteiger partial charge in [-0.05, 0) is 47.2 Å². The highest BCUT2D eigenvalue weighted by Gasteiger charge is 2.27. The molecule has 0 aliphatic heterocycles. The zero-order chi connectivity index (χ0) is 22.7. The topological polar surface area (TPSA) is 9.23 Å². The van der Waals surface area contributed by atoms with Crippen molar-refractivity contribution in [3.05, 3.63) is 64.2 Å². The van der Waals surface area contributed by atoms with Crippen molar-refractivity contribution < 1.29 is 4.74 Å². The molecule has 0 aromatic heterocycles. The summed E-state index contributed by atoms with van der Waals surface area (Å²) in [4.78, 5) is 0. The van der Waals surface area contributed by atoms with Gasteiger partial charge in [-0.25, -0.2) is 0 Å². The second-order valence-electron chi connectivity index (χ2n) is 10.9. The van der Waals surface area contributed by atoms with Crippen LogP contribution in [0.4, 0.5) is 0 Å². The van der Waals surface area contributed by atoms with Crippen molar-refractivity contribution in [3.8, 4) is 29.1 Å². The van der Waals surface area contributed by atoms with Crippen molar-refractivity contribution in [3.63, 3.8) is 0 Å². The maximum absolute atomic E-state index is 5.85. The molecular formula is C28H36OSi. The van der Waals surface area contributed by atoms with Gasteiger partial charge in [-0.15, -0.1) is 5.54 Å². The van der Waals surface area contributed by atoms with E-state index < -0.39 is 8.07 Å². The molecule has 2 aromatic carbocycles. The van der Waals surface area contributed by atoms with E-state index in [9.17, 15) is 0 Å². The van der Waals surface area contributed by atoms with Crippen LogP contribution in [0.25, 0.3) is 0 Å². The molecule has 0 spiro atoms. The number of hydrogen-bond donors (Lipinski definition) is 0. The summed E-state index contributed by atoms with van der Waals surface area (Å²) in [6, 6.07) is 12.6. The van der Waals surface area contributed by atoms with Gasteiger partial charge in [0.1, 0.15) is 13.8 Å². The van der Waals surface area contributed by atoms with Crippen molar-refractivity contribution >= 4 is 8.07 Å². The van der Waals surface area contributed by atoms with Gasteiger partial charge in [-0.3, -0.25) is 0 Å². The summed E-state index contributed by atoms with van der Waals surface area (Å²) in [7, 11) is 0.400. The molecule has 0 N–H and O–H groups in total. The molecule has 0 bridgehead atoms. The van der Waals surface area contributed by atoms with Crippen LogP contribution in [0.2, 0.25) is 19.6 Å². The number of benzene rings is 2. The highest BCUT2D eigenvalue weighted by Crippen LogP contribution is 2.40. The zero-order valence-corrected chi connectivity index (χ0v) is 21.4. The predicted molar refractivity (Wildman–Crippen MR) is 133 cm³/mol. The Morgan fingerprint density at radius 1 is 0.667 bits per heavy atom. The summed E-state index contributed by atoms with van der Waals surface area (Å²) in [6.07, 6.45) is 0. The molecule has 0 unspecified atom stereocenters. The summed E-state index contributed by atoms with van der Waals surface area (Å²) in [6.45, 7) is 20.1. The molecule has 0 saturated carbocycles. The van der Waals surface area contributed by atoms with Crippen LogP contribution in [-0.4, -0.2) is 15.2 Å². The molecule has 1 nitrogen and oxygen atoms in total. The van der Waals surface area contributed by atoms with Crippen molar-refractivity contribution in [2.45, 2.75) is 72.0 Å². The first kappa shape index (κ1) is 23.9. The maximum Gasteiger partial charge on any atom is 0.129 e. The normalized spacial score (nSPS) is 11.8. The van der Waals surface area contributed by atoms with E-state index in [-0.39, 0.29) is 10.8 Å². The molecule has 0 amide bonds. The summed E-state index contributed by atoms with van der Waals surface area (Å²) in [5.41, 5.74) is 8.81. The van der Waals surface area contributed by atoms with Crippen LogP contribution in [-0.2, 0) is 10.8 Å². The minimum atomic E-state index is -1.36. The molecule has 158 valence electrons. The lowest BCUT2D eigenvalue weighted by molar-refractivity contribution is 0.381. The lowest BCUT2D eigenvalue weighted by Gasteiger charge is -2.29. The van der Waals surface area contributed by atoms with Gasteiger partial charge in [-0.1, -0.05) is 78.9 Å². The Hall–Kier alpha value is -2.42. The third-order valence-electron chi connectivity index (χ3n) is 4.73. The van der Waals surface area contributed by atoms with Crippen LogP contribution < -0.4 is 4.74 Å². The van der Waals surface area contributed by atoms with Crippen molar-refractivity contribution in [2.24, 2.45) is 0 Å². The standard InChI is InChI=1S/C28H36OSi/c1-27(2,3)24-19-23(20-25(26(24)29-7)28(4,5)6)16-15-21-11-13-22(14-12-21)17-18-30(8,9)10/h11-14,19-20H,1-10H3. The average molecular weight is 417 g/mol. The van der Waals surface area contributed by atoms with E-state index in [0.717, 1.165) is 22.4 Å². The molecule has 2 heteroatoms. The molecule has 0 radical (unpaired) electrons. The molecule has 2 rings (SSSR count). The summed E-state index contributed by atoms with van der Waals surface area (Å²) < 4.78 is 5.85. The van der Waals surface area contributed by atoms with Crippen LogP contribution >= 0.6 is 0 Å². The van der Waals surface area contributed by atoms with Gasteiger partial charge in [0, 0.05) is 27.8 Å². The lowest BCUT2D eigenvalue weighted by Crippen LogP contribution is -2.19. The Morgan fingerprint density at radius 2 is 1.07 bits per heavy atom. The fourth-order valence-electron chi connectivity index (χ4n) is 3.08. The largest absolute Gasteiger partial charge is 0.496 e. The van der Waals surface area contributed by atoms with E-state index in [2.05, 4.69) is 121 Å². The molecule has 2 aromatic rings. The van der Waals surface area contributed by atoms with Crippen LogP contribution in [0.1, 0.15) is 69.4 Å². The van der Waals surface area contributed by atoms with Crippen LogP contribution in [0.5, 0.6) is 5.75 Å². The summed E-state index contributed by atoms with van der Waals surface area (Å²) in [5, 5.41) is 0. The smallest absolute Gasteiger partial charge is 0.129 e. The quantitative estimate of drug-likeness (QED) is 0.362. The third-order valence-corrected chi connectivity index (χ3v) is 5.60. The lowest BCUT2D eigenvalue weighted by atomic mass is 9.78. The summed E-state index contributed by atoms with van der Waals surface area (Å²) in [5.74, 6) is 11.0. The van der Waals surface area contributed by atoms with Gasteiger partial charge in [0.05, 0.1) is 7.11 Å². The second-order valence-corrected chi connectivity index (χ2v) is 15.7. The molecule has 0 aliphatic rings. The highest BCUT2D eigenvalue weighted by molar-refractivity contribution is 6.83. The van der Waals surface area contributed by atoms with Crippen LogP contribution in [0.3, 0.4) is 0 Å². The van der Waals surface area contributed by atoms with E-state index in [4.69, 9.17) is 4.74 Å².